The van der Waals surface area contributed by atoms with Crippen LogP contribution in [0.15, 0.2) is 30.6 Å². The maximum absolute atomic E-state index is 12.5. The Morgan fingerprint density at radius 1 is 1.36 bits per heavy atom. The molecule has 112 valence electrons. The maximum atomic E-state index is 12.5. The Bertz CT molecular complexity index is 752. The van der Waals surface area contributed by atoms with Crippen molar-refractivity contribution >= 4 is 11.8 Å². The molecule has 0 fully saturated rings. The van der Waals surface area contributed by atoms with Crippen molar-refractivity contribution in [3.05, 3.63) is 53.1 Å². The number of imidazole rings is 1. The Labute approximate surface area is 127 Å². The highest BCUT2D eigenvalue weighted by molar-refractivity contribution is 5.99. The fourth-order valence-corrected chi connectivity index (χ4v) is 3.21. The van der Waals surface area contributed by atoms with E-state index in [1.54, 1.807) is 12.4 Å². The third kappa shape index (κ3) is 2.07. The molecule has 6 heteroatoms. The lowest BCUT2D eigenvalue weighted by Crippen LogP contribution is -2.37. The standard InChI is InChI=1S/C16H16N4O2/c21-15(20-6-5-12-14(8-20)18-9-17-12)7-13-10-3-1-2-4-11(10)16(22)19-13/h1-4,9,13H,5-8H2,(H,17,18)(H,19,22)/t13-/m1/s1. The van der Waals surface area contributed by atoms with Crippen LogP contribution in [0, 0.1) is 0 Å². The number of hydrogen-bond donors (Lipinski definition) is 2. The topological polar surface area (TPSA) is 78.1 Å². The summed E-state index contributed by atoms with van der Waals surface area (Å²) in [6.45, 7) is 1.25. The first-order chi connectivity index (χ1) is 10.7. The number of aromatic amines is 1. The quantitative estimate of drug-likeness (QED) is 0.873. The predicted octanol–water partition coefficient (Wildman–Crippen LogP) is 1.17. The molecule has 0 spiro atoms. The average Bonchev–Trinajstić information content (AvgIpc) is 3.12. The highest BCUT2D eigenvalue weighted by Gasteiger charge is 2.31. The minimum absolute atomic E-state index is 0.0576. The molecule has 0 unspecified atom stereocenters. The van der Waals surface area contributed by atoms with Crippen LogP contribution in [0.2, 0.25) is 0 Å². The SMILES string of the molecule is O=C1N[C@H](CC(=O)N2CCc3nc[nH]c3C2)c2ccccc21. The van der Waals surface area contributed by atoms with Gasteiger partial charge in [-0.15, -0.1) is 0 Å². The van der Waals surface area contributed by atoms with Gasteiger partial charge in [0.15, 0.2) is 0 Å². The van der Waals surface area contributed by atoms with Crippen LogP contribution in [0.4, 0.5) is 0 Å². The summed E-state index contributed by atoms with van der Waals surface area (Å²) in [4.78, 5) is 33.6. The van der Waals surface area contributed by atoms with Gasteiger partial charge >= 0.3 is 0 Å². The lowest BCUT2D eigenvalue weighted by Gasteiger charge is -2.27. The summed E-state index contributed by atoms with van der Waals surface area (Å²) in [6, 6.07) is 7.22. The van der Waals surface area contributed by atoms with Crippen molar-refractivity contribution in [2.24, 2.45) is 0 Å². The lowest BCUT2D eigenvalue weighted by molar-refractivity contribution is -0.132. The number of nitrogens with zero attached hydrogens (tertiary/aromatic N) is 2. The first kappa shape index (κ1) is 13.1. The van der Waals surface area contributed by atoms with Crippen LogP contribution < -0.4 is 5.32 Å². The Balaban J connectivity index is 1.49. The van der Waals surface area contributed by atoms with E-state index in [0.717, 1.165) is 23.4 Å². The van der Waals surface area contributed by atoms with E-state index in [2.05, 4.69) is 15.3 Å². The Kier molecular flexibility index (Phi) is 2.96. The molecule has 0 saturated heterocycles. The van der Waals surface area contributed by atoms with E-state index in [0.29, 0.717) is 25.1 Å². The number of carbonyl (C=O) groups excluding carboxylic acids is 2. The van der Waals surface area contributed by atoms with Gasteiger partial charge in [0, 0.05) is 18.5 Å². The van der Waals surface area contributed by atoms with Crippen LogP contribution in [0.1, 0.15) is 39.8 Å². The van der Waals surface area contributed by atoms with Crippen molar-refractivity contribution in [2.45, 2.75) is 25.4 Å². The van der Waals surface area contributed by atoms with Crippen molar-refractivity contribution < 1.29 is 9.59 Å². The van der Waals surface area contributed by atoms with Gasteiger partial charge in [-0.05, 0) is 11.6 Å². The van der Waals surface area contributed by atoms with Gasteiger partial charge in [0.25, 0.3) is 5.91 Å². The number of amides is 2. The molecule has 2 aliphatic heterocycles. The fourth-order valence-electron chi connectivity index (χ4n) is 3.21. The zero-order valence-corrected chi connectivity index (χ0v) is 12.0. The van der Waals surface area contributed by atoms with Gasteiger partial charge in [-0.25, -0.2) is 4.98 Å². The summed E-state index contributed by atoms with van der Waals surface area (Å²) in [6.07, 6.45) is 2.75. The molecular formula is C16H16N4O2. The second-order valence-electron chi connectivity index (χ2n) is 5.71. The number of aromatic nitrogens is 2. The molecule has 1 aromatic carbocycles. The molecule has 6 nitrogen and oxygen atoms in total. The first-order valence-corrected chi connectivity index (χ1v) is 7.41. The monoisotopic (exact) mass is 296 g/mol. The van der Waals surface area contributed by atoms with E-state index in [4.69, 9.17) is 0 Å². The first-order valence-electron chi connectivity index (χ1n) is 7.41. The van der Waals surface area contributed by atoms with Crippen LogP contribution >= 0.6 is 0 Å². The summed E-state index contributed by atoms with van der Waals surface area (Å²) in [7, 11) is 0. The van der Waals surface area contributed by atoms with E-state index in [1.165, 1.54) is 0 Å². The third-order valence-corrected chi connectivity index (χ3v) is 4.39. The zero-order valence-electron chi connectivity index (χ0n) is 12.0. The predicted molar refractivity (Wildman–Crippen MR) is 79.0 cm³/mol. The minimum atomic E-state index is -0.223. The van der Waals surface area contributed by atoms with Crippen LogP contribution in [-0.4, -0.2) is 33.2 Å². The molecule has 0 saturated carbocycles. The second kappa shape index (κ2) is 4.98. The van der Waals surface area contributed by atoms with Crippen LogP contribution in [0.3, 0.4) is 0 Å². The molecule has 0 aliphatic carbocycles. The molecule has 0 bridgehead atoms. The molecule has 2 amide bonds. The molecule has 1 aromatic heterocycles. The van der Waals surface area contributed by atoms with Gasteiger partial charge in [-0.1, -0.05) is 18.2 Å². The van der Waals surface area contributed by atoms with Crippen LogP contribution in [0.25, 0.3) is 0 Å². The van der Waals surface area contributed by atoms with E-state index in [9.17, 15) is 9.59 Å². The highest BCUT2D eigenvalue weighted by atomic mass is 16.2. The van der Waals surface area contributed by atoms with Crippen molar-refractivity contribution in [3.8, 4) is 0 Å². The van der Waals surface area contributed by atoms with E-state index in [-0.39, 0.29) is 17.9 Å². The number of nitrogens with one attached hydrogen (secondary N) is 2. The van der Waals surface area contributed by atoms with E-state index in [1.807, 2.05) is 23.1 Å². The van der Waals surface area contributed by atoms with Gasteiger partial charge in [-0.3, -0.25) is 9.59 Å². The average molecular weight is 296 g/mol. The lowest BCUT2D eigenvalue weighted by atomic mass is 10.0. The van der Waals surface area contributed by atoms with Gasteiger partial charge in [0.1, 0.15) is 0 Å². The maximum Gasteiger partial charge on any atom is 0.252 e. The highest BCUT2D eigenvalue weighted by Crippen LogP contribution is 2.28. The van der Waals surface area contributed by atoms with Gasteiger partial charge in [0.2, 0.25) is 5.91 Å². The molecule has 2 aromatic rings. The van der Waals surface area contributed by atoms with Gasteiger partial charge in [0.05, 0.1) is 36.7 Å². The number of H-pyrrole nitrogens is 1. The molecule has 4 rings (SSSR count). The Morgan fingerprint density at radius 3 is 3.14 bits per heavy atom. The van der Waals surface area contributed by atoms with Crippen LogP contribution in [-0.2, 0) is 17.8 Å². The van der Waals surface area contributed by atoms with Crippen molar-refractivity contribution in [2.75, 3.05) is 6.54 Å². The molecule has 3 heterocycles. The molecule has 0 radical (unpaired) electrons. The number of hydrogen-bond acceptors (Lipinski definition) is 3. The number of benzene rings is 1. The summed E-state index contributed by atoms with van der Waals surface area (Å²) >= 11 is 0. The minimum Gasteiger partial charge on any atom is -0.347 e. The van der Waals surface area contributed by atoms with Gasteiger partial charge < -0.3 is 15.2 Å². The summed E-state index contributed by atoms with van der Waals surface area (Å²) in [5, 5.41) is 2.90. The summed E-state index contributed by atoms with van der Waals surface area (Å²) in [5.74, 6) is -0.0369. The summed E-state index contributed by atoms with van der Waals surface area (Å²) < 4.78 is 0. The van der Waals surface area contributed by atoms with Crippen molar-refractivity contribution in [1.82, 2.24) is 20.2 Å². The third-order valence-electron chi connectivity index (χ3n) is 4.39. The Morgan fingerprint density at radius 2 is 2.23 bits per heavy atom. The Hall–Kier alpha value is -2.63. The second-order valence-corrected chi connectivity index (χ2v) is 5.71. The number of fused-ring (bicyclic) bond motifs is 2. The number of carbonyl (C=O) groups is 2. The molecule has 1 atom stereocenters. The van der Waals surface area contributed by atoms with Crippen molar-refractivity contribution in [3.63, 3.8) is 0 Å². The van der Waals surface area contributed by atoms with E-state index < -0.39 is 0 Å². The summed E-state index contributed by atoms with van der Waals surface area (Å²) in [5.41, 5.74) is 3.65. The molecule has 2 aliphatic rings. The van der Waals surface area contributed by atoms with Gasteiger partial charge in [-0.2, -0.15) is 0 Å². The zero-order chi connectivity index (χ0) is 15.1. The molecule has 22 heavy (non-hydrogen) atoms. The molecule has 2 N–H and O–H groups in total. The van der Waals surface area contributed by atoms with Crippen molar-refractivity contribution in [1.29, 1.82) is 0 Å². The largest absolute Gasteiger partial charge is 0.347 e. The smallest absolute Gasteiger partial charge is 0.252 e. The normalized spacial score (nSPS) is 19.5. The fraction of sp³-hybridized carbons (Fsp3) is 0.312. The molecular weight excluding hydrogens is 280 g/mol. The number of rotatable bonds is 2. The van der Waals surface area contributed by atoms with E-state index >= 15 is 0 Å². The van der Waals surface area contributed by atoms with Crippen LogP contribution in [0.5, 0.6) is 0 Å².